The summed E-state index contributed by atoms with van der Waals surface area (Å²) in [6, 6.07) is 10.9. The molecule has 9 heteroatoms. The van der Waals surface area contributed by atoms with E-state index >= 15 is 0 Å². The average molecular weight is 472 g/mol. The van der Waals surface area contributed by atoms with E-state index in [0.29, 0.717) is 18.5 Å². The first-order valence-electron chi connectivity index (χ1n) is 11.9. The van der Waals surface area contributed by atoms with Crippen LogP contribution in [-0.4, -0.2) is 62.7 Å². The molecule has 35 heavy (non-hydrogen) atoms. The topological polar surface area (TPSA) is 105 Å². The number of fused-ring (bicyclic) bond motifs is 2. The van der Waals surface area contributed by atoms with Crippen LogP contribution in [0.3, 0.4) is 0 Å². The molecule has 3 aromatic rings. The highest BCUT2D eigenvalue weighted by Gasteiger charge is 2.39. The predicted octanol–water partition coefficient (Wildman–Crippen LogP) is 2.04. The van der Waals surface area contributed by atoms with Gasteiger partial charge in [0.25, 0.3) is 5.91 Å². The third kappa shape index (κ3) is 4.12. The Labute approximate surface area is 202 Å². The van der Waals surface area contributed by atoms with Crippen molar-refractivity contribution in [3.8, 4) is 5.75 Å². The zero-order valence-corrected chi connectivity index (χ0v) is 19.1. The number of hydrogen-bond donors (Lipinski definition) is 1. The largest absolute Gasteiger partial charge is 0.489 e. The number of ether oxygens (including phenoxy) is 1. The fraction of sp³-hybridized carbons (Fsp3) is 0.346. The fourth-order valence-corrected chi connectivity index (χ4v) is 5.27. The second-order valence-corrected chi connectivity index (χ2v) is 9.33. The van der Waals surface area contributed by atoms with Crippen molar-refractivity contribution in [2.75, 3.05) is 13.1 Å². The van der Waals surface area contributed by atoms with Crippen LogP contribution < -0.4 is 10.1 Å². The van der Waals surface area contributed by atoms with Gasteiger partial charge in [-0.15, -0.1) is 0 Å². The first-order valence-corrected chi connectivity index (χ1v) is 11.9. The Kier molecular flexibility index (Phi) is 5.41. The van der Waals surface area contributed by atoms with Gasteiger partial charge in [-0.05, 0) is 60.4 Å². The van der Waals surface area contributed by atoms with Gasteiger partial charge in [0.05, 0.1) is 0 Å². The molecule has 3 aliphatic rings. The molecular weight excluding hydrogens is 446 g/mol. The van der Waals surface area contributed by atoms with Crippen LogP contribution in [-0.2, 0) is 22.7 Å². The quantitative estimate of drug-likeness (QED) is 0.568. The van der Waals surface area contributed by atoms with E-state index in [1.807, 2.05) is 24.3 Å². The fourth-order valence-electron chi connectivity index (χ4n) is 5.27. The number of aromatic nitrogens is 2. The number of likely N-dealkylation sites (tertiary alicyclic amines) is 1. The number of imide groups is 1. The van der Waals surface area contributed by atoms with Gasteiger partial charge in [0, 0.05) is 55.9 Å². The van der Waals surface area contributed by atoms with Gasteiger partial charge >= 0.3 is 0 Å². The molecule has 3 amide bonds. The molecule has 5 heterocycles. The van der Waals surface area contributed by atoms with Gasteiger partial charge in [-0.3, -0.25) is 24.6 Å². The lowest BCUT2D eigenvalue weighted by molar-refractivity contribution is -0.136. The Hall–Kier alpha value is -3.85. The number of nitrogens with one attached hydrogen (secondary N) is 1. The highest BCUT2D eigenvalue weighted by molar-refractivity contribution is 6.05. The second kappa shape index (κ2) is 8.74. The summed E-state index contributed by atoms with van der Waals surface area (Å²) in [5, 5.41) is 3.41. The van der Waals surface area contributed by atoms with E-state index < -0.39 is 11.9 Å². The first kappa shape index (κ1) is 21.7. The van der Waals surface area contributed by atoms with Crippen molar-refractivity contribution in [3.05, 3.63) is 65.5 Å². The predicted molar refractivity (Wildman–Crippen MR) is 126 cm³/mol. The number of nitrogens with zero attached hydrogens (tertiary/aromatic N) is 4. The van der Waals surface area contributed by atoms with Gasteiger partial charge in [0.2, 0.25) is 11.8 Å². The highest BCUT2D eigenvalue weighted by atomic mass is 16.5. The van der Waals surface area contributed by atoms with Crippen molar-refractivity contribution < 1.29 is 19.1 Å². The minimum atomic E-state index is -0.611. The Morgan fingerprint density at radius 3 is 2.83 bits per heavy atom. The summed E-state index contributed by atoms with van der Waals surface area (Å²) in [7, 11) is 0. The third-order valence-corrected chi connectivity index (χ3v) is 7.03. The molecular formula is C26H25N5O4. The Balaban J connectivity index is 1.10. The summed E-state index contributed by atoms with van der Waals surface area (Å²) in [4.78, 5) is 49.2. The zero-order valence-electron chi connectivity index (χ0n) is 19.1. The second-order valence-electron chi connectivity index (χ2n) is 9.33. The molecule has 178 valence electrons. The van der Waals surface area contributed by atoms with E-state index in [-0.39, 0.29) is 24.3 Å². The van der Waals surface area contributed by atoms with E-state index in [9.17, 15) is 14.4 Å². The lowest BCUT2D eigenvalue weighted by Gasteiger charge is -2.29. The highest BCUT2D eigenvalue weighted by Crippen LogP contribution is 2.31. The third-order valence-electron chi connectivity index (χ3n) is 7.03. The van der Waals surface area contributed by atoms with Gasteiger partial charge in [-0.2, -0.15) is 0 Å². The number of pyridine rings is 2. The number of piperidine rings is 1. The van der Waals surface area contributed by atoms with E-state index in [2.05, 4.69) is 26.3 Å². The van der Waals surface area contributed by atoms with Crippen LogP contribution in [0.2, 0.25) is 0 Å². The number of carbonyl (C=O) groups excluding carboxylic acids is 3. The molecule has 0 spiro atoms. The van der Waals surface area contributed by atoms with E-state index in [1.54, 1.807) is 23.4 Å². The first-order chi connectivity index (χ1) is 17.0. The van der Waals surface area contributed by atoms with Gasteiger partial charge in [0.1, 0.15) is 17.9 Å². The summed E-state index contributed by atoms with van der Waals surface area (Å²) < 4.78 is 6.29. The number of carbonyl (C=O) groups is 3. The molecule has 1 N–H and O–H groups in total. The molecule has 0 bridgehead atoms. The molecule has 2 saturated heterocycles. The average Bonchev–Trinajstić information content (AvgIpc) is 3.43. The van der Waals surface area contributed by atoms with Crippen molar-refractivity contribution in [1.29, 1.82) is 0 Å². The van der Waals surface area contributed by atoms with Crippen LogP contribution in [0.5, 0.6) is 5.75 Å². The maximum atomic E-state index is 12.9. The van der Waals surface area contributed by atoms with Gasteiger partial charge in [-0.1, -0.05) is 0 Å². The summed E-state index contributed by atoms with van der Waals surface area (Å²) in [5.41, 5.74) is 3.40. The molecule has 0 radical (unpaired) electrons. The van der Waals surface area contributed by atoms with Crippen molar-refractivity contribution in [1.82, 2.24) is 25.1 Å². The zero-order chi connectivity index (χ0) is 23.9. The summed E-state index contributed by atoms with van der Waals surface area (Å²) >= 11 is 0. The molecule has 9 nitrogen and oxygen atoms in total. The maximum absolute atomic E-state index is 12.9. The Bertz CT molecular complexity index is 1340. The minimum absolute atomic E-state index is 0.0580. The van der Waals surface area contributed by atoms with Crippen molar-refractivity contribution >= 4 is 28.8 Å². The SMILES string of the molecule is O=C1CCC(N2Cc3cc(OC4CCN(Cc5ccnc6ncccc56)C4)ccc3C2=O)C(=O)N1. The van der Waals surface area contributed by atoms with Crippen molar-refractivity contribution in [3.63, 3.8) is 0 Å². The number of amides is 3. The molecule has 2 atom stereocenters. The molecule has 0 saturated carbocycles. The van der Waals surface area contributed by atoms with Crippen LogP contribution >= 0.6 is 0 Å². The van der Waals surface area contributed by atoms with E-state index in [0.717, 1.165) is 48.4 Å². The Morgan fingerprint density at radius 2 is 1.94 bits per heavy atom. The van der Waals surface area contributed by atoms with Crippen LogP contribution in [0.4, 0.5) is 0 Å². The van der Waals surface area contributed by atoms with Gasteiger partial charge in [-0.25, -0.2) is 9.97 Å². The smallest absolute Gasteiger partial charge is 0.255 e. The van der Waals surface area contributed by atoms with Crippen molar-refractivity contribution in [2.24, 2.45) is 0 Å². The van der Waals surface area contributed by atoms with Gasteiger partial charge in [0.15, 0.2) is 5.65 Å². The van der Waals surface area contributed by atoms with Crippen molar-refractivity contribution in [2.45, 2.75) is 44.5 Å². The van der Waals surface area contributed by atoms with E-state index in [4.69, 9.17) is 4.74 Å². The van der Waals surface area contributed by atoms with Crippen LogP contribution in [0.1, 0.15) is 40.7 Å². The molecule has 6 rings (SSSR count). The lowest BCUT2D eigenvalue weighted by atomic mass is 10.0. The molecule has 3 aliphatic heterocycles. The van der Waals surface area contributed by atoms with Gasteiger partial charge < -0.3 is 9.64 Å². The number of rotatable bonds is 5. The summed E-state index contributed by atoms with van der Waals surface area (Å²) in [6.07, 6.45) is 5.14. The number of hydrogen-bond acceptors (Lipinski definition) is 7. The molecule has 1 aromatic carbocycles. The minimum Gasteiger partial charge on any atom is -0.489 e. The molecule has 0 aliphatic carbocycles. The lowest BCUT2D eigenvalue weighted by Crippen LogP contribution is -2.52. The van der Waals surface area contributed by atoms with E-state index in [1.165, 1.54) is 5.56 Å². The summed E-state index contributed by atoms with van der Waals surface area (Å²) in [6.45, 7) is 2.89. The maximum Gasteiger partial charge on any atom is 0.255 e. The molecule has 2 aromatic heterocycles. The number of benzene rings is 1. The monoisotopic (exact) mass is 471 g/mol. The Morgan fingerprint density at radius 1 is 1.06 bits per heavy atom. The van der Waals surface area contributed by atoms with Crippen LogP contribution in [0.25, 0.3) is 11.0 Å². The normalized spacial score (nSPS) is 22.5. The van der Waals surface area contributed by atoms with Crippen LogP contribution in [0.15, 0.2) is 48.8 Å². The molecule has 2 fully saturated rings. The molecule has 2 unspecified atom stereocenters. The standard InChI is InChI=1S/C26H25N5O4/c32-23-6-5-22(25(33)29-23)31-14-17-12-18(3-4-21(17)26(31)34)35-19-8-11-30(15-19)13-16-7-10-28-24-20(16)2-1-9-27-24/h1-4,7,9-10,12,19,22H,5-6,8,11,13-15H2,(H,29,32,33). The van der Waals surface area contributed by atoms with Crippen LogP contribution in [0, 0.1) is 0 Å². The summed E-state index contributed by atoms with van der Waals surface area (Å²) in [5.74, 6) is -0.132.